The number of hydrogen-bond donors (Lipinski definition) is 1. The van der Waals surface area contributed by atoms with Crippen LogP contribution in [-0.2, 0) is 16.1 Å². The van der Waals surface area contributed by atoms with Crippen LogP contribution in [0.2, 0.25) is 0 Å². The fourth-order valence-corrected chi connectivity index (χ4v) is 2.05. The third-order valence-corrected chi connectivity index (χ3v) is 3.12. The van der Waals surface area contributed by atoms with E-state index in [4.69, 9.17) is 10.5 Å². The van der Waals surface area contributed by atoms with Gasteiger partial charge in [0, 0.05) is 25.0 Å². The Morgan fingerprint density at radius 2 is 2.22 bits per heavy atom. The summed E-state index contributed by atoms with van der Waals surface area (Å²) in [6.45, 7) is 6.48. The van der Waals surface area contributed by atoms with Crippen molar-refractivity contribution in [3.63, 3.8) is 0 Å². The molecule has 0 amide bonds. The Labute approximate surface area is 109 Å². The monoisotopic (exact) mass is 252 g/mol. The van der Waals surface area contributed by atoms with Crippen LogP contribution in [0.15, 0.2) is 18.5 Å². The van der Waals surface area contributed by atoms with Gasteiger partial charge in [0.15, 0.2) is 0 Å². The van der Waals surface area contributed by atoms with Gasteiger partial charge in [-0.2, -0.15) is 0 Å². The Morgan fingerprint density at radius 1 is 1.56 bits per heavy atom. The van der Waals surface area contributed by atoms with Crippen molar-refractivity contribution >= 4 is 5.97 Å². The molecule has 1 unspecified atom stereocenters. The van der Waals surface area contributed by atoms with E-state index in [-0.39, 0.29) is 12.0 Å². The van der Waals surface area contributed by atoms with E-state index in [1.54, 1.807) is 0 Å². The molecule has 1 aromatic heterocycles. The first kappa shape index (κ1) is 14.8. The van der Waals surface area contributed by atoms with E-state index in [1.807, 2.05) is 36.9 Å². The van der Waals surface area contributed by atoms with Crippen molar-refractivity contribution in [3.8, 4) is 0 Å². The second-order valence-electron chi connectivity index (χ2n) is 5.39. The molecule has 0 aliphatic carbocycles. The quantitative estimate of drug-likeness (QED) is 0.791. The molecule has 4 heteroatoms. The number of carbonyl (C=O) groups is 1. The third-order valence-electron chi connectivity index (χ3n) is 3.12. The summed E-state index contributed by atoms with van der Waals surface area (Å²) in [5, 5.41) is 0. The predicted molar refractivity (Wildman–Crippen MR) is 72.1 cm³/mol. The van der Waals surface area contributed by atoms with Crippen molar-refractivity contribution < 1.29 is 9.53 Å². The molecule has 18 heavy (non-hydrogen) atoms. The molecule has 0 saturated carbocycles. The van der Waals surface area contributed by atoms with E-state index in [0.717, 1.165) is 18.4 Å². The Kier molecular flexibility index (Phi) is 4.96. The van der Waals surface area contributed by atoms with Crippen LogP contribution in [0, 0.1) is 5.41 Å². The van der Waals surface area contributed by atoms with Gasteiger partial charge < -0.3 is 15.0 Å². The van der Waals surface area contributed by atoms with E-state index in [1.165, 1.54) is 7.11 Å². The minimum absolute atomic E-state index is 0.0810. The highest BCUT2D eigenvalue weighted by atomic mass is 16.5. The number of aromatic nitrogens is 1. The second kappa shape index (κ2) is 6.05. The fraction of sp³-hybridized carbons (Fsp3) is 0.643. The minimum atomic E-state index is -0.528. The molecule has 0 aliphatic rings. The number of carbonyl (C=O) groups excluding carboxylic acids is 1. The zero-order valence-electron chi connectivity index (χ0n) is 11.8. The molecule has 2 N–H and O–H groups in total. The molecule has 0 spiro atoms. The molecule has 1 heterocycles. The Balaban J connectivity index is 2.72. The molecule has 0 aliphatic heterocycles. The zero-order valence-corrected chi connectivity index (χ0v) is 11.8. The van der Waals surface area contributed by atoms with Crippen LogP contribution in [0.4, 0.5) is 0 Å². The van der Waals surface area contributed by atoms with Crippen LogP contribution in [-0.4, -0.2) is 17.6 Å². The highest BCUT2D eigenvalue weighted by molar-refractivity contribution is 5.75. The minimum Gasteiger partial charge on any atom is -0.469 e. The van der Waals surface area contributed by atoms with Gasteiger partial charge in [-0.05, 0) is 31.9 Å². The van der Waals surface area contributed by atoms with E-state index in [9.17, 15) is 4.79 Å². The Hall–Kier alpha value is -1.29. The van der Waals surface area contributed by atoms with Crippen LogP contribution in [0.3, 0.4) is 0 Å². The molecule has 1 aromatic rings. The average molecular weight is 252 g/mol. The van der Waals surface area contributed by atoms with Gasteiger partial charge in [-0.15, -0.1) is 0 Å². The lowest BCUT2D eigenvalue weighted by molar-refractivity contribution is -0.151. The van der Waals surface area contributed by atoms with E-state index in [0.29, 0.717) is 6.54 Å². The molecule has 4 nitrogen and oxygen atoms in total. The van der Waals surface area contributed by atoms with Crippen LogP contribution < -0.4 is 5.73 Å². The molecule has 0 fully saturated rings. The summed E-state index contributed by atoms with van der Waals surface area (Å²) in [7, 11) is 1.42. The first-order valence-corrected chi connectivity index (χ1v) is 6.40. The van der Waals surface area contributed by atoms with Crippen molar-refractivity contribution in [2.45, 2.75) is 46.2 Å². The molecule has 0 radical (unpaired) electrons. The molecule has 0 bridgehead atoms. The fourth-order valence-electron chi connectivity index (χ4n) is 2.05. The lowest BCUT2D eigenvalue weighted by Gasteiger charge is -2.22. The van der Waals surface area contributed by atoms with Gasteiger partial charge in [0.05, 0.1) is 12.5 Å². The van der Waals surface area contributed by atoms with Crippen LogP contribution >= 0.6 is 0 Å². The summed E-state index contributed by atoms with van der Waals surface area (Å²) in [5.74, 6) is -0.199. The molecule has 1 atom stereocenters. The van der Waals surface area contributed by atoms with E-state index >= 15 is 0 Å². The topological polar surface area (TPSA) is 57.2 Å². The number of nitrogens with zero attached hydrogens (tertiary/aromatic N) is 1. The van der Waals surface area contributed by atoms with Crippen LogP contribution in [0.1, 0.15) is 45.2 Å². The highest BCUT2D eigenvalue weighted by Crippen LogP contribution is 2.22. The maximum atomic E-state index is 11.6. The van der Waals surface area contributed by atoms with Gasteiger partial charge in [0.1, 0.15) is 0 Å². The average Bonchev–Trinajstić information content (AvgIpc) is 2.76. The summed E-state index contributed by atoms with van der Waals surface area (Å²) >= 11 is 0. The van der Waals surface area contributed by atoms with Crippen LogP contribution in [0.5, 0.6) is 0 Å². The highest BCUT2D eigenvalue weighted by Gasteiger charge is 2.29. The molecule has 102 valence electrons. The van der Waals surface area contributed by atoms with Crippen molar-refractivity contribution in [2.24, 2.45) is 11.1 Å². The molecule has 0 saturated heterocycles. The normalized spacial score (nSPS) is 13.4. The van der Waals surface area contributed by atoms with Crippen molar-refractivity contribution in [1.82, 2.24) is 4.57 Å². The molecule has 1 rings (SSSR count). The molecular formula is C14H24N2O2. The number of methoxy groups -OCH3 is 1. The summed E-state index contributed by atoms with van der Waals surface area (Å²) in [5.41, 5.74) is 6.66. The number of hydrogen-bond acceptors (Lipinski definition) is 3. The first-order chi connectivity index (χ1) is 8.40. The van der Waals surface area contributed by atoms with Gasteiger partial charge in [-0.3, -0.25) is 4.79 Å². The van der Waals surface area contributed by atoms with Gasteiger partial charge in [0.2, 0.25) is 0 Å². The van der Waals surface area contributed by atoms with Crippen molar-refractivity contribution in [2.75, 3.05) is 7.11 Å². The number of nitrogens with two attached hydrogens (primary N) is 1. The maximum absolute atomic E-state index is 11.6. The van der Waals surface area contributed by atoms with Gasteiger partial charge in [-0.1, -0.05) is 13.3 Å². The van der Waals surface area contributed by atoms with Gasteiger partial charge in [0.25, 0.3) is 0 Å². The SMILES string of the molecule is CCCC(N)c1ccn(CC(C)(C)C(=O)OC)c1. The maximum Gasteiger partial charge on any atom is 0.313 e. The standard InChI is InChI=1S/C14H24N2O2/c1-5-6-12(15)11-7-8-16(9-11)10-14(2,3)13(17)18-4/h7-9,12H,5-6,10,15H2,1-4H3. The number of rotatable bonds is 6. The lowest BCUT2D eigenvalue weighted by atomic mass is 9.94. The van der Waals surface area contributed by atoms with Gasteiger partial charge in [-0.25, -0.2) is 0 Å². The summed E-state index contributed by atoms with van der Waals surface area (Å²) < 4.78 is 6.80. The molecular weight excluding hydrogens is 228 g/mol. The largest absolute Gasteiger partial charge is 0.469 e. The second-order valence-corrected chi connectivity index (χ2v) is 5.39. The van der Waals surface area contributed by atoms with Crippen molar-refractivity contribution in [3.05, 3.63) is 24.0 Å². The summed E-state index contributed by atoms with van der Waals surface area (Å²) in [6.07, 6.45) is 6.03. The Morgan fingerprint density at radius 3 is 2.78 bits per heavy atom. The van der Waals surface area contributed by atoms with Gasteiger partial charge >= 0.3 is 5.97 Å². The third kappa shape index (κ3) is 3.60. The number of esters is 1. The number of ether oxygens (including phenoxy) is 1. The Bertz CT molecular complexity index is 396. The van der Waals surface area contributed by atoms with E-state index in [2.05, 4.69) is 6.92 Å². The smallest absolute Gasteiger partial charge is 0.313 e. The molecule has 0 aromatic carbocycles. The van der Waals surface area contributed by atoms with Crippen molar-refractivity contribution in [1.29, 1.82) is 0 Å². The zero-order chi connectivity index (χ0) is 13.8. The van der Waals surface area contributed by atoms with E-state index < -0.39 is 5.41 Å². The predicted octanol–water partition coefficient (Wildman–Crippen LogP) is 2.49. The summed E-state index contributed by atoms with van der Waals surface area (Å²) in [4.78, 5) is 11.6. The lowest BCUT2D eigenvalue weighted by Crippen LogP contribution is -2.30. The summed E-state index contributed by atoms with van der Waals surface area (Å²) in [6, 6.07) is 2.10. The van der Waals surface area contributed by atoms with Crippen LogP contribution in [0.25, 0.3) is 0 Å². The first-order valence-electron chi connectivity index (χ1n) is 6.40.